The highest BCUT2D eigenvalue weighted by Gasteiger charge is 2.34. The van der Waals surface area contributed by atoms with Crippen molar-refractivity contribution in [3.8, 4) is 0 Å². The summed E-state index contributed by atoms with van der Waals surface area (Å²) in [7, 11) is 0. The van der Waals surface area contributed by atoms with Crippen LogP contribution in [0, 0.1) is 24.4 Å². The Morgan fingerprint density at radius 3 is 2.52 bits per heavy atom. The average molecular weight is 569 g/mol. The third-order valence-corrected chi connectivity index (χ3v) is 7.40. The van der Waals surface area contributed by atoms with Gasteiger partial charge in [-0.25, -0.2) is 13.2 Å². The van der Waals surface area contributed by atoms with Crippen molar-refractivity contribution >= 4 is 34.4 Å². The van der Waals surface area contributed by atoms with Gasteiger partial charge in [0, 0.05) is 41.3 Å². The van der Waals surface area contributed by atoms with Crippen LogP contribution >= 0.6 is 11.6 Å². The van der Waals surface area contributed by atoms with Gasteiger partial charge in [-0.1, -0.05) is 23.7 Å². The maximum atomic E-state index is 14.2. The summed E-state index contributed by atoms with van der Waals surface area (Å²) in [5.41, 5.74) is 0.408. The summed E-state index contributed by atoms with van der Waals surface area (Å²) in [5.74, 6) is -3.60. The van der Waals surface area contributed by atoms with Gasteiger partial charge in [0.05, 0.1) is 5.39 Å². The first kappa shape index (κ1) is 27.5. The number of piperidine rings is 1. The number of carbonyl (C=O) groups excluding carboxylic acids is 2. The van der Waals surface area contributed by atoms with Crippen molar-refractivity contribution in [1.82, 2.24) is 10.2 Å². The number of rotatable bonds is 5. The number of fused-ring (bicyclic) bond motifs is 1. The van der Waals surface area contributed by atoms with Gasteiger partial charge >= 0.3 is 0 Å². The molecule has 5 rings (SSSR count). The molecule has 2 atom stereocenters. The summed E-state index contributed by atoms with van der Waals surface area (Å²) < 4.78 is 47.3. The first-order valence-electron chi connectivity index (χ1n) is 12.6. The molecule has 10 heteroatoms. The molecule has 40 heavy (non-hydrogen) atoms. The highest BCUT2D eigenvalue weighted by atomic mass is 35.5. The molecule has 1 aliphatic heterocycles. The summed E-state index contributed by atoms with van der Waals surface area (Å²) in [6, 6.07) is 12.5. The lowest BCUT2D eigenvalue weighted by molar-refractivity contribution is 0.0567. The van der Waals surface area contributed by atoms with Crippen LogP contribution in [0.15, 0.2) is 69.9 Å². The van der Waals surface area contributed by atoms with Crippen LogP contribution in [-0.4, -0.2) is 35.3 Å². The molecule has 1 N–H and O–H groups in total. The zero-order valence-electron chi connectivity index (χ0n) is 21.3. The molecule has 0 unspecified atom stereocenters. The predicted molar refractivity (Wildman–Crippen MR) is 144 cm³/mol. The molecule has 0 radical (unpaired) electrons. The van der Waals surface area contributed by atoms with E-state index in [9.17, 15) is 27.6 Å². The van der Waals surface area contributed by atoms with Gasteiger partial charge in [-0.3, -0.25) is 14.4 Å². The van der Waals surface area contributed by atoms with Crippen molar-refractivity contribution in [3.05, 3.63) is 116 Å². The summed E-state index contributed by atoms with van der Waals surface area (Å²) in [6.45, 7) is 1.63. The van der Waals surface area contributed by atoms with Crippen molar-refractivity contribution in [2.75, 3.05) is 6.54 Å². The third-order valence-electron chi connectivity index (χ3n) is 7.15. The van der Waals surface area contributed by atoms with Crippen molar-refractivity contribution in [2.45, 2.75) is 38.3 Å². The van der Waals surface area contributed by atoms with E-state index >= 15 is 0 Å². The molecule has 1 saturated heterocycles. The van der Waals surface area contributed by atoms with Gasteiger partial charge in [0.1, 0.15) is 23.0 Å². The van der Waals surface area contributed by atoms with Crippen molar-refractivity contribution < 1.29 is 27.2 Å². The minimum absolute atomic E-state index is 0.0236. The number of halogens is 4. The smallest absolute Gasteiger partial charge is 0.287 e. The molecular weight excluding hydrogens is 545 g/mol. The number of carbonyl (C=O) groups is 2. The molecule has 3 aromatic carbocycles. The molecule has 1 aromatic heterocycles. The maximum Gasteiger partial charge on any atom is 0.287 e. The predicted octanol–water partition coefficient (Wildman–Crippen LogP) is 5.82. The Labute approximate surface area is 232 Å². The molecule has 6 nitrogen and oxygen atoms in total. The van der Waals surface area contributed by atoms with Crippen molar-refractivity contribution in [3.63, 3.8) is 0 Å². The van der Waals surface area contributed by atoms with Crippen LogP contribution in [0.3, 0.4) is 0 Å². The van der Waals surface area contributed by atoms with E-state index in [2.05, 4.69) is 5.32 Å². The summed E-state index contributed by atoms with van der Waals surface area (Å²) in [4.78, 5) is 40.6. The van der Waals surface area contributed by atoms with Crippen LogP contribution in [0.2, 0.25) is 5.02 Å². The van der Waals surface area contributed by atoms with Crippen molar-refractivity contribution in [1.29, 1.82) is 0 Å². The van der Waals surface area contributed by atoms with Crippen LogP contribution in [0.4, 0.5) is 13.2 Å². The Hall–Kier alpha value is -4.11. The second-order valence-corrected chi connectivity index (χ2v) is 10.3. The fraction of sp³-hybridized carbons (Fsp3) is 0.233. The molecule has 4 aromatic rings. The zero-order chi connectivity index (χ0) is 28.6. The second-order valence-electron chi connectivity index (χ2n) is 9.85. The molecule has 2 heterocycles. The van der Waals surface area contributed by atoms with Crippen LogP contribution in [0.25, 0.3) is 11.0 Å². The third kappa shape index (κ3) is 5.74. The first-order chi connectivity index (χ1) is 19.1. The molecule has 1 aliphatic rings. The van der Waals surface area contributed by atoms with E-state index in [4.69, 9.17) is 16.0 Å². The van der Waals surface area contributed by atoms with E-state index in [1.807, 2.05) is 12.1 Å². The van der Waals surface area contributed by atoms with Gasteiger partial charge in [-0.05, 0) is 73.7 Å². The Kier molecular flexibility index (Phi) is 7.67. The Bertz CT molecular complexity index is 1670. The van der Waals surface area contributed by atoms with Crippen LogP contribution in [0.1, 0.15) is 44.9 Å². The van der Waals surface area contributed by atoms with E-state index in [0.717, 1.165) is 35.9 Å². The van der Waals surface area contributed by atoms with Crippen LogP contribution in [-0.2, 0) is 6.42 Å². The van der Waals surface area contributed by atoms with E-state index in [1.54, 1.807) is 17.0 Å². The van der Waals surface area contributed by atoms with E-state index < -0.39 is 46.8 Å². The fourth-order valence-corrected chi connectivity index (χ4v) is 5.18. The minimum Gasteiger partial charge on any atom is -0.451 e. The molecule has 0 spiro atoms. The van der Waals surface area contributed by atoms with Gasteiger partial charge in [0.15, 0.2) is 11.2 Å². The van der Waals surface area contributed by atoms with Crippen molar-refractivity contribution in [2.24, 2.45) is 0 Å². The molecule has 2 amide bonds. The number of benzene rings is 3. The van der Waals surface area contributed by atoms with Crippen LogP contribution in [0.5, 0.6) is 0 Å². The van der Waals surface area contributed by atoms with Crippen LogP contribution < -0.4 is 10.7 Å². The van der Waals surface area contributed by atoms with E-state index in [0.29, 0.717) is 24.3 Å². The highest BCUT2D eigenvalue weighted by molar-refractivity contribution is 6.30. The zero-order valence-corrected chi connectivity index (χ0v) is 22.1. The lowest BCUT2D eigenvalue weighted by Crippen LogP contribution is -2.53. The minimum atomic E-state index is -0.845. The van der Waals surface area contributed by atoms with Gasteiger partial charge in [-0.15, -0.1) is 0 Å². The Morgan fingerprint density at radius 2 is 1.77 bits per heavy atom. The normalized spacial score (nSPS) is 17.2. The number of nitrogens with one attached hydrogen (secondary N) is 1. The molecule has 0 bridgehead atoms. The van der Waals surface area contributed by atoms with E-state index in [1.165, 1.54) is 13.0 Å². The number of amides is 2. The number of nitrogens with zero attached hydrogens (tertiary/aromatic N) is 1. The quantitative estimate of drug-likeness (QED) is 0.329. The average Bonchev–Trinajstić information content (AvgIpc) is 2.92. The van der Waals surface area contributed by atoms with Gasteiger partial charge < -0.3 is 14.6 Å². The number of hydrogen-bond acceptors (Lipinski definition) is 4. The maximum absolute atomic E-state index is 14.2. The molecule has 206 valence electrons. The molecule has 0 saturated carbocycles. The monoisotopic (exact) mass is 568 g/mol. The molecular formula is C30H24ClF3N2O4. The SMILES string of the molecule is Cc1c(F)cc(F)cc1C(=O)N1CC[C@H](NC(=O)c2cc(=O)c3cc(F)ccc3o2)C[C@H]1Cc1ccc(Cl)cc1. The summed E-state index contributed by atoms with van der Waals surface area (Å²) >= 11 is 6.02. The summed E-state index contributed by atoms with van der Waals surface area (Å²) in [5, 5.41) is 3.44. The van der Waals surface area contributed by atoms with Gasteiger partial charge in [0.2, 0.25) is 0 Å². The fourth-order valence-electron chi connectivity index (χ4n) is 5.06. The standard InChI is InChI=1S/C30H24ClF3N2O4/c1-16-23(12-20(33)13-25(16)34)30(39)36-9-8-21(14-22(36)10-17-2-4-18(31)5-3-17)35-29(38)28-15-26(37)24-11-19(32)6-7-27(24)40-28/h2-7,11-13,15,21-22H,8-10,14H2,1H3,(H,35,38)/t21-,22+/m0/s1. The topological polar surface area (TPSA) is 79.6 Å². The van der Waals surface area contributed by atoms with Gasteiger partial charge in [0.25, 0.3) is 11.8 Å². The lowest BCUT2D eigenvalue weighted by atomic mass is 9.91. The van der Waals surface area contributed by atoms with Gasteiger partial charge in [-0.2, -0.15) is 0 Å². The second kappa shape index (κ2) is 11.2. The Morgan fingerprint density at radius 1 is 1.02 bits per heavy atom. The molecule has 0 aliphatic carbocycles. The largest absolute Gasteiger partial charge is 0.451 e. The number of likely N-dealkylation sites (tertiary alicyclic amines) is 1. The Balaban J connectivity index is 1.39. The first-order valence-corrected chi connectivity index (χ1v) is 13.0. The van der Waals surface area contributed by atoms with E-state index in [-0.39, 0.29) is 34.4 Å². The lowest BCUT2D eigenvalue weighted by Gasteiger charge is -2.40. The number of hydrogen-bond donors (Lipinski definition) is 1. The molecule has 1 fully saturated rings. The summed E-state index contributed by atoms with van der Waals surface area (Å²) in [6.07, 6.45) is 1.09. The highest BCUT2D eigenvalue weighted by Crippen LogP contribution is 2.27.